The third-order valence-electron chi connectivity index (χ3n) is 3.01. The van der Waals surface area contributed by atoms with Crippen molar-refractivity contribution in [1.29, 1.82) is 0 Å². The quantitative estimate of drug-likeness (QED) is 0.386. The fraction of sp³-hybridized carbons (Fsp3) is 0.375. The number of nitrogens with one attached hydrogen (secondary N) is 2. The first kappa shape index (κ1) is 20.2. The number of rotatable bonds is 6. The lowest BCUT2D eigenvalue weighted by atomic mass is 10.1. The van der Waals surface area contributed by atoms with Crippen LogP contribution in [0.4, 0.5) is 0 Å². The SMILES string of the molecule is CCNC(=NCc1ncc(C)s1)NCCc1ccc(Cl)cc1.I. The monoisotopic (exact) mass is 464 g/mol. The fourth-order valence-electron chi connectivity index (χ4n) is 1.94. The molecule has 0 saturated carbocycles. The normalized spacial score (nSPS) is 11.0. The predicted molar refractivity (Wildman–Crippen MR) is 110 cm³/mol. The number of nitrogens with zero attached hydrogens (tertiary/aromatic N) is 2. The Bertz CT molecular complexity index is 613. The van der Waals surface area contributed by atoms with Crippen LogP contribution in [0.1, 0.15) is 22.4 Å². The van der Waals surface area contributed by atoms with Crippen LogP contribution in [0.5, 0.6) is 0 Å². The van der Waals surface area contributed by atoms with Crippen LogP contribution in [0.15, 0.2) is 35.5 Å². The van der Waals surface area contributed by atoms with Crippen LogP contribution in [0.2, 0.25) is 5.02 Å². The van der Waals surface area contributed by atoms with Gasteiger partial charge >= 0.3 is 0 Å². The van der Waals surface area contributed by atoms with E-state index in [0.717, 1.165) is 35.5 Å². The van der Waals surface area contributed by atoms with Crippen molar-refractivity contribution in [2.24, 2.45) is 4.99 Å². The number of hydrogen-bond donors (Lipinski definition) is 2. The third kappa shape index (κ3) is 7.50. The van der Waals surface area contributed by atoms with Crippen molar-refractivity contribution in [3.05, 3.63) is 50.9 Å². The van der Waals surface area contributed by atoms with Gasteiger partial charge in [0.15, 0.2) is 5.96 Å². The summed E-state index contributed by atoms with van der Waals surface area (Å²) in [5.41, 5.74) is 1.25. The number of aliphatic imine (C=N–C) groups is 1. The van der Waals surface area contributed by atoms with Crippen molar-refractivity contribution in [1.82, 2.24) is 15.6 Å². The zero-order valence-electron chi connectivity index (χ0n) is 13.3. The number of hydrogen-bond acceptors (Lipinski definition) is 3. The number of benzene rings is 1. The van der Waals surface area contributed by atoms with E-state index in [2.05, 4.69) is 34.5 Å². The molecule has 0 radical (unpaired) electrons. The minimum Gasteiger partial charge on any atom is -0.357 e. The molecule has 0 atom stereocenters. The summed E-state index contributed by atoms with van der Waals surface area (Å²) in [4.78, 5) is 10.1. The Morgan fingerprint density at radius 3 is 2.61 bits per heavy atom. The van der Waals surface area contributed by atoms with Crippen LogP contribution in [0, 0.1) is 6.92 Å². The second-order valence-corrected chi connectivity index (χ2v) is 6.62. The van der Waals surface area contributed by atoms with E-state index >= 15 is 0 Å². The summed E-state index contributed by atoms with van der Waals surface area (Å²) in [6, 6.07) is 7.93. The van der Waals surface area contributed by atoms with Crippen molar-refractivity contribution >= 4 is 52.9 Å². The van der Waals surface area contributed by atoms with Gasteiger partial charge in [0.1, 0.15) is 5.01 Å². The second-order valence-electron chi connectivity index (χ2n) is 4.86. The molecule has 2 N–H and O–H groups in total. The highest BCUT2D eigenvalue weighted by atomic mass is 127. The average molecular weight is 465 g/mol. The van der Waals surface area contributed by atoms with Crippen LogP contribution in [0.3, 0.4) is 0 Å². The van der Waals surface area contributed by atoms with Crippen molar-refractivity contribution in [2.75, 3.05) is 13.1 Å². The molecule has 0 fully saturated rings. The van der Waals surface area contributed by atoms with E-state index in [9.17, 15) is 0 Å². The van der Waals surface area contributed by atoms with Gasteiger partial charge in [-0.25, -0.2) is 9.98 Å². The molecule has 7 heteroatoms. The number of guanidine groups is 1. The molecule has 2 aromatic rings. The Hall–Kier alpha value is -0.860. The van der Waals surface area contributed by atoms with Gasteiger partial charge in [-0.1, -0.05) is 23.7 Å². The van der Waals surface area contributed by atoms with Gasteiger partial charge in [-0.2, -0.15) is 0 Å². The number of aryl methyl sites for hydroxylation is 1. The smallest absolute Gasteiger partial charge is 0.191 e. The molecule has 0 unspecified atom stereocenters. The van der Waals surface area contributed by atoms with E-state index in [1.807, 2.05) is 30.5 Å². The van der Waals surface area contributed by atoms with Gasteiger partial charge in [0.05, 0.1) is 6.54 Å². The maximum atomic E-state index is 5.89. The van der Waals surface area contributed by atoms with Crippen molar-refractivity contribution < 1.29 is 0 Å². The first-order valence-electron chi connectivity index (χ1n) is 7.35. The Balaban J connectivity index is 0.00000264. The summed E-state index contributed by atoms with van der Waals surface area (Å²) >= 11 is 7.57. The Morgan fingerprint density at radius 2 is 2.00 bits per heavy atom. The van der Waals surface area contributed by atoms with Gasteiger partial charge in [-0.15, -0.1) is 35.3 Å². The molecule has 0 amide bonds. The topological polar surface area (TPSA) is 49.3 Å². The zero-order valence-corrected chi connectivity index (χ0v) is 17.2. The number of thiazole rings is 1. The van der Waals surface area contributed by atoms with E-state index in [-0.39, 0.29) is 24.0 Å². The van der Waals surface area contributed by atoms with Crippen LogP contribution in [0.25, 0.3) is 0 Å². The van der Waals surface area contributed by atoms with Gasteiger partial charge in [-0.05, 0) is 38.0 Å². The standard InChI is InChI=1S/C16H21ClN4S.HI/c1-3-18-16(21-11-15-20-10-12(2)22-15)19-9-8-13-4-6-14(17)7-5-13;/h4-7,10H,3,8-9,11H2,1-2H3,(H2,18,19,21);1H. The summed E-state index contributed by atoms with van der Waals surface area (Å²) in [7, 11) is 0. The minimum absolute atomic E-state index is 0. The van der Waals surface area contributed by atoms with Gasteiger partial charge in [0, 0.05) is 29.2 Å². The summed E-state index contributed by atoms with van der Waals surface area (Å²) in [6.45, 7) is 6.38. The molecule has 0 aliphatic rings. The van der Waals surface area contributed by atoms with Crippen LogP contribution in [-0.2, 0) is 13.0 Å². The molecule has 4 nitrogen and oxygen atoms in total. The van der Waals surface area contributed by atoms with E-state index in [4.69, 9.17) is 11.6 Å². The molecule has 0 aliphatic heterocycles. The highest BCUT2D eigenvalue weighted by Crippen LogP contribution is 2.12. The van der Waals surface area contributed by atoms with Crippen molar-refractivity contribution in [3.63, 3.8) is 0 Å². The first-order valence-corrected chi connectivity index (χ1v) is 8.54. The molecule has 0 aliphatic carbocycles. The molecule has 0 bridgehead atoms. The highest BCUT2D eigenvalue weighted by Gasteiger charge is 2.01. The molecular weight excluding hydrogens is 443 g/mol. The molecule has 1 aromatic heterocycles. The fourth-order valence-corrected chi connectivity index (χ4v) is 2.78. The summed E-state index contributed by atoms with van der Waals surface area (Å²) in [5.74, 6) is 0.823. The predicted octanol–water partition coefficient (Wildman–Crippen LogP) is 4.02. The Morgan fingerprint density at radius 1 is 1.26 bits per heavy atom. The van der Waals surface area contributed by atoms with Gasteiger partial charge in [-0.3, -0.25) is 0 Å². The molecule has 0 spiro atoms. The van der Waals surface area contributed by atoms with E-state index in [1.54, 1.807) is 11.3 Å². The molecule has 23 heavy (non-hydrogen) atoms. The van der Waals surface area contributed by atoms with Crippen molar-refractivity contribution in [2.45, 2.75) is 26.8 Å². The minimum atomic E-state index is 0. The van der Waals surface area contributed by atoms with Crippen LogP contribution >= 0.6 is 46.9 Å². The summed E-state index contributed by atoms with van der Waals surface area (Å²) in [6.07, 6.45) is 2.81. The molecular formula is C16H22ClIN4S. The molecule has 126 valence electrons. The van der Waals surface area contributed by atoms with Crippen molar-refractivity contribution in [3.8, 4) is 0 Å². The van der Waals surface area contributed by atoms with E-state index < -0.39 is 0 Å². The first-order chi connectivity index (χ1) is 10.7. The Kier molecular flexibility index (Phi) is 9.50. The number of halogens is 2. The zero-order chi connectivity index (χ0) is 15.8. The summed E-state index contributed by atoms with van der Waals surface area (Å²) < 4.78 is 0. The lowest BCUT2D eigenvalue weighted by Crippen LogP contribution is -2.38. The van der Waals surface area contributed by atoms with Crippen LogP contribution in [-0.4, -0.2) is 24.0 Å². The van der Waals surface area contributed by atoms with Gasteiger partial charge < -0.3 is 10.6 Å². The number of aromatic nitrogens is 1. The Labute approximate surface area is 163 Å². The van der Waals surface area contributed by atoms with Gasteiger partial charge in [0.2, 0.25) is 0 Å². The average Bonchev–Trinajstić information content (AvgIpc) is 2.92. The largest absolute Gasteiger partial charge is 0.357 e. The second kappa shape index (κ2) is 10.8. The molecule has 0 saturated heterocycles. The maximum Gasteiger partial charge on any atom is 0.191 e. The third-order valence-corrected chi connectivity index (χ3v) is 4.15. The van der Waals surface area contributed by atoms with E-state index in [1.165, 1.54) is 10.4 Å². The molecule has 1 heterocycles. The van der Waals surface area contributed by atoms with Crippen LogP contribution < -0.4 is 10.6 Å². The van der Waals surface area contributed by atoms with Gasteiger partial charge in [0.25, 0.3) is 0 Å². The lowest BCUT2D eigenvalue weighted by Gasteiger charge is -2.11. The molecule has 2 rings (SSSR count). The molecule has 1 aromatic carbocycles. The highest BCUT2D eigenvalue weighted by molar-refractivity contribution is 14.0. The lowest BCUT2D eigenvalue weighted by molar-refractivity contribution is 0.799. The van der Waals surface area contributed by atoms with E-state index in [0.29, 0.717) is 6.54 Å². The summed E-state index contributed by atoms with van der Waals surface area (Å²) in [5, 5.41) is 8.40. The maximum absolute atomic E-state index is 5.89.